The summed E-state index contributed by atoms with van der Waals surface area (Å²) in [5.74, 6) is -1.06. The van der Waals surface area contributed by atoms with Crippen LogP contribution < -0.4 is 4.72 Å². The predicted molar refractivity (Wildman–Crippen MR) is 99.1 cm³/mol. The molecule has 1 unspecified atom stereocenters. The molecule has 1 aliphatic rings. The first-order valence-corrected chi connectivity index (χ1v) is 10.4. The van der Waals surface area contributed by atoms with Gasteiger partial charge in [-0.05, 0) is 49.9 Å². The van der Waals surface area contributed by atoms with Crippen molar-refractivity contribution >= 4 is 21.9 Å². The van der Waals surface area contributed by atoms with Gasteiger partial charge in [0.2, 0.25) is 10.0 Å². The first-order valence-electron chi connectivity index (χ1n) is 8.96. The largest absolute Gasteiger partial charge is 0.481 e. The molecule has 2 rings (SSSR count). The van der Waals surface area contributed by atoms with Gasteiger partial charge in [-0.15, -0.1) is 0 Å². The van der Waals surface area contributed by atoms with Gasteiger partial charge in [-0.25, -0.2) is 13.1 Å². The number of sulfonamides is 1. The molecule has 1 atom stereocenters. The fourth-order valence-corrected chi connectivity index (χ4v) is 4.18. The number of nitrogens with zero attached hydrogens (tertiary/aromatic N) is 1. The van der Waals surface area contributed by atoms with Crippen LogP contribution in [0.3, 0.4) is 0 Å². The van der Waals surface area contributed by atoms with E-state index >= 15 is 0 Å². The number of hydrogen-bond acceptors (Lipinski definition) is 5. The SMILES string of the molecule is COCCNS(=O)(=O)c1ccc(C(=O)N2CCCCC2CCC(=O)O)cc1. The summed E-state index contributed by atoms with van der Waals surface area (Å²) in [6, 6.07) is 5.70. The topological polar surface area (TPSA) is 113 Å². The van der Waals surface area contributed by atoms with E-state index in [9.17, 15) is 18.0 Å². The van der Waals surface area contributed by atoms with Crippen LogP contribution in [-0.4, -0.2) is 63.1 Å². The Balaban J connectivity index is 2.08. The molecule has 0 spiro atoms. The molecule has 27 heavy (non-hydrogen) atoms. The molecule has 1 heterocycles. The van der Waals surface area contributed by atoms with Crippen LogP contribution in [0.1, 0.15) is 42.5 Å². The van der Waals surface area contributed by atoms with Crippen molar-refractivity contribution in [2.75, 3.05) is 26.8 Å². The van der Waals surface area contributed by atoms with Gasteiger partial charge in [-0.1, -0.05) is 0 Å². The maximum Gasteiger partial charge on any atom is 0.303 e. The molecule has 1 saturated heterocycles. The number of likely N-dealkylation sites (tertiary alicyclic amines) is 1. The average molecular weight is 398 g/mol. The van der Waals surface area contributed by atoms with Gasteiger partial charge in [0, 0.05) is 38.2 Å². The maximum atomic E-state index is 12.8. The Labute approximate surface area is 159 Å². The van der Waals surface area contributed by atoms with Crippen molar-refractivity contribution in [1.29, 1.82) is 0 Å². The molecular formula is C18H26N2O6S. The third-order valence-corrected chi connectivity index (χ3v) is 6.07. The van der Waals surface area contributed by atoms with E-state index in [2.05, 4.69) is 4.72 Å². The molecule has 0 saturated carbocycles. The Hall–Kier alpha value is -1.97. The summed E-state index contributed by atoms with van der Waals surface area (Å²) in [6.45, 7) is 1.02. The van der Waals surface area contributed by atoms with Gasteiger partial charge in [0.25, 0.3) is 5.91 Å². The van der Waals surface area contributed by atoms with E-state index in [4.69, 9.17) is 9.84 Å². The van der Waals surface area contributed by atoms with Gasteiger partial charge in [0.05, 0.1) is 11.5 Å². The molecule has 1 amide bonds. The Morgan fingerprint density at radius 2 is 1.96 bits per heavy atom. The number of methoxy groups -OCH3 is 1. The number of aliphatic carboxylic acids is 1. The molecule has 1 aliphatic heterocycles. The number of amides is 1. The summed E-state index contributed by atoms with van der Waals surface area (Å²) in [6.07, 6.45) is 3.09. The number of nitrogens with one attached hydrogen (secondary N) is 1. The van der Waals surface area contributed by atoms with Crippen molar-refractivity contribution in [3.63, 3.8) is 0 Å². The summed E-state index contributed by atoms with van der Waals surface area (Å²) < 4.78 is 31.6. The summed E-state index contributed by atoms with van der Waals surface area (Å²) in [4.78, 5) is 25.5. The molecule has 1 fully saturated rings. The number of carboxylic acids is 1. The summed E-state index contributed by atoms with van der Waals surface area (Å²) in [5, 5.41) is 8.90. The minimum Gasteiger partial charge on any atom is -0.481 e. The third-order valence-electron chi connectivity index (χ3n) is 4.59. The van der Waals surface area contributed by atoms with Gasteiger partial charge in [0.15, 0.2) is 0 Å². The van der Waals surface area contributed by atoms with E-state index in [1.165, 1.54) is 31.4 Å². The van der Waals surface area contributed by atoms with Crippen LogP contribution in [0.4, 0.5) is 0 Å². The number of rotatable bonds is 9. The van der Waals surface area contributed by atoms with E-state index < -0.39 is 16.0 Å². The van der Waals surface area contributed by atoms with Gasteiger partial charge >= 0.3 is 5.97 Å². The fourth-order valence-electron chi connectivity index (χ4n) is 3.16. The van der Waals surface area contributed by atoms with Crippen molar-refractivity contribution in [1.82, 2.24) is 9.62 Å². The van der Waals surface area contributed by atoms with E-state index in [1.54, 1.807) is 4.90 Å². The molecule has 9 heteroatoms. The number of carbonyl (C=O) groups excluding carboxylic acids is 1. The highest BCUT2D eigenvalue weighted by molar-refractivity contribution is 7.89. The molecule has 0 aromatic heterocycles. The Bertz CT molecular complexity index is 748. The smallest absolute Gasteiger partial charge is 0.303 e. The zero-order valence-electron chi connectivity index (χ0n) is 15.4. The van der Waals surface area contributed by atoms with Gasteiger partial charge in [-0.2, -0.15) is 0 Å². The lowest BCUT2D eigenvalue weighted by Gasteiger charge is -2.35. The highest BCUT2D eigenvalue weighted by Gasteiger charge is 2.28. The average Bonchev–Trinajstić information content (AvgIpc) is 2.66. The lowest BCUT2D eigenvalue weighted by Crippen LogP contribution is -2.44. The minimum atomic E-state index is -3.65. The van der Waals surface area contributed by atoms with Crippen molar-refractivity contribution in [3.05, 3.63) is 29.8 Å². The number of carboxylic acid groups (broad SMARTS) is 1. The normalized spacial score (nSPS) is 17.7. The van der Waals surface area contributed by atoms with Gasteiger partial charge in [-0.3, -0.25) is 9.59 Å². The summed E-state index contributed by atoms with van der Waals surface area (Å²) in [5.41, 5.74) is 0.396. The minimum absolute atomic E-state index is 0.0266. The number of piperidine rings is 1. The van der Waals surface area contributed by atoms with E-state index in [1.807, 2.05) is 0 Å². The second-order valence-corrected chi connectivity index (χ2v) is 8.26. The van der Waals surface area contributed by atoms with E-state index in [-0.39, 0.29) is 36.4 Å². The highest BCUT2D eigenvalue weighted by atomic mass is 32.2. The highest BCUT2D eigenvalue weighted by Crippen LogP contribution is 2.23. The van der Waals surface area contributed by atoms with Crippen LogP contribution in [-0.2, 0) is 19.6 Å². The quantitative estimate of drug-likeness (QED) is 0.609. The molecule has 0 bridgehead atoms. The number of hydrogen-bond donors (Lipinski definition) is 2. The Morgan fingerprint density at radius 1 is 1.26 bits per heavy atom. The van der Waals surface area contributed by atoms with Gasteiger partial charge in [0.1, 0.15) is 0 Å². The molecule has 1 aromatic rings. The first-order chi connectivity index (χ1) is 12.8. The molecular weight excluding hydrogens is 372 g/mol. The Morgan fingerprint density at radius 3 is 2.59 bits per heavy atom. The third kappa shape index (κ3) is 6.02. The van der Waals surface area contributed by atoms with Gasteiger partial charge < -0.3 is 14.7 Å². The number of benzene rings is 1. The van der Waals surface area contributed by atoms with Crippen molar-refractivity contribution in [2.24, 2.45) is 0 Å². The monoisotopic (exact) mass is 398 g/mol. The van der Waals surface area contributed by atoms with Crippen LogP contribution in [0, 0.1) is 0 Å². The number of carbonyl (C=O) groups is 2. The molecule has 1 aromatic carbocycles. The van der Waals surface area contributed by atoms with Crippen LogP contribution in [0.15, 0.2) is 29.2 Å². The van der Waals surface area contributed by atoms with Crippen LogP contribution in [0.2, 0.25) is 0 Å². The second-order valence-electron chi connectivity index (χ2n) is 6.50. The summed E-state index contributed by atoms with van der Waals surface area (Å²) in [7, 11) is -2.16. The van der Waals surface area contributed by atoms with Crippen LogP contribution >= 0.6 is 0 Å². The van der Waals surface area contributed by atoms with Crippen molar-refractivity contribution in [2.45, 2.75) is 43.0 Å². The standard InChI is InChI=1S/C18H26N2O6S/c1-26-13-11-19-27(24,25)16-8-5-14(6-9-16)18(23)20-12-3-2-4-15(20)7-10-17(21)22/h5-6,8-9,15,19H,2-4,7,10-13H2,1H3,(H,21,22). The van der Waals surface area contributed by atoms with Crippen LogP contribution in [0.25, 0.3) is 0 Å². The van der Waals surface area contributed by atoms with E-state index in [0.29, 0.717) is 18.5 Å². The lowest BCUT2D eigenvalue weighted by atomic mass is 9.97. The lowest BCUT2D eigenvalue weighted by molar-refractivity contribution is -0.137. The molecule has 0 aliphatic carbocycles. The Kier molecular flexibility index (Phi) is 7.76. The molecule has 0 radical (unpaired) electrons. The predicted octanol–water partition coefficient (Wildman–Crippen LogP) is 1.47. The van der Waals surface area contributed by atoms with E-state index in [0.717, 1.165) is 19.3 Å². The zero-order chi connectivity index (χ0) is 19.9. The van der Waals surface area contributed by atoms with Crippen molar-refractivity contribution in [3.8, 4) is 0 Å². The fraction of sp³-hybridized carbons (Fsp3) is 0.556. The maximum absolute atomic E-state index is 12.8. The molecule has 2 N–H and O–H groups in total. The number of ether oxygens (including phenoxy) is 1. The molecule has 150 valence electrons. The molecule has 8 nitrogen and oxygen atoms in total. The summed E-state index contributed by atoms with van der Waals surface area (Å²) >= 11 is 0. The second kappa shape index (κ2) is 9.82. The first kappa shape index (κ1) is 21.3. The zero-order valence-corrected chi connectivity index (χ0v) is 16.2. The van der Waals surface area contributed by atoms with Crippen LogP contribution in [0.5, 0.6) is 0 Å². The van der Waals surface area contributed by atoms with Crippen molar-refractivity contribution < 1.29 is 27.9 Å².